The molecule has 2 fully saturated rings. The van der Waals surface area contributed by atoms with Crippen LogP contribution in [0, 0.1) is 5.41 Å². The first-order chi connectivity index (χ1) is 9.47. The number of hydrogen-bond donors (Lipinski definition) is 0. The predicted octanol–water partition coefficient (Wildman–Crippen LogP) is 3.44. The second-order valence-corrected chi connectivity index (χ2v) is 5.62. The van der Waals surface area contributed by atoms with Crippen LogP contribution >= 0.6 is 0 Å². The van der Waals surface area contributed by atoms with Crippen molar-refractivity contribution in [2.24, 2.45) is 5.41 Å². The first-order valence-electron chi connectivity index (χ1n) is 6.76. The van der Waals surface area contributed by atoms with Gasteiger partial charge in [-0.2, -0.15) is 13.2 Å². The summed E-state index contributed by atoms with van der Waals surface area (Å²) in [6.07, 6.45) is -0.654. The van der Waals surface area contributed by atoms with Crippen LogP contribution in [0.4, 0.5) is 13.2 Å². The lowest BCUT2D eigenvalue weighted by molar-refractivity contribution is -0.141. The average Bonchev–Trinajstić information content (AvgIpc) is 2.37. The second-order valence-electron chi connectivity index (χ2n) is 5.62. The van der Waals surface area contributed by atoms with Gasteiger partial charge in [-0.1, -0.05) is 6.07 Å². The summed E-state index contributed by atoms with van der Waals surface area (Å²) in [6.45, 7) is 1.54. The normalized spacial score (nSPS) is 22.6. The van der Waals surface area contributed by atoms with E-state index in [1.165, 1.54) is 12.1 Å². The highest BCUT2D eigenvalue weighted by Crippen LogP contribution is 2.49. The molecule has 0 N–H and O–H groups in total. The first kappa shape index (κ1) is 13.7. The molecule has 0 bridgehead atoms. The maximum absolute atomic E-state index is 12.6. The zero-order valence-corrected chi connectivity index (χ0v) is 10.9. The number of ether oxygens (including phenoxy) is 2. The monoisotopic (exact) mass is 287 g/mol. The minimum Gasteiger partial charge on any atom is -0.474 e. The molecule has 0 amide bonds. The Balaban J connectivity index is 1.60. The summed E-state index contributed by atoms with van der Waals surface area (Å²) in [7, 11) is 0. The highest BCUT2D eigenvalue weighted by Gasteiger charge is 2.46. The van der Waals surface area contributed by atoms with Crippen molar-refractivity contribution in [1.82, 2.24) is 4.98 Å². The maximum atomic E-state index is 12.6. The van der Waals surface area contributed by atoms with Crippen LogP contribution in [-0.2, 0) is 10.9 Å². The van der Waals surface area contributed by atoms with Gasteiger partial charge in [0.2, 0.25) is 5.88 Å². The lowest BCUT2D eigenvalue weighted by atomic mass is 9.62. The third kappa shape index (κ3) is 2.75. The molecule has 2 heterocycles. The fourth-order valence-corrected chi connectivity index (χ4v) is 3.01. The molecule has 1 saturated heterocycles. The fourth-order valence-electron chi connectivity index (χ4n) is 3.01. The molecule has 0 atom stereocenters. The van der Waals surface area contributed by atoms with Crippen LogP contribution in [0.2, 0.25) is 0 Å². The van der Waals surface area contributed by atoms with Crippen molar-refractivity contribution >= 4 is 0 Å². The van der Waals surface area contributed by atoms with E-state index in [0.717, 1.165) is 45.0 Å². The smallest absolute Gasteiger partial charge is 0.433 e. The van der Waals surface area contributed by atoms with E-state index in [2.05, 4.69) is 4.98 Å². The Labute approximate surface area is 115 Å². The van der Waals surface area contributed by atoms with Crippen molar-refractivity contribution < 1.29 is 22.6 Å². The summed E-state index contributed by atoms with van der Waals surface area (Å²) in [5.74, 6) is 0.0618. The number of hydrogen-bond acceptors (Lipinski definition) is 3. The van der Waals surface area contributed by atoms with Crippen molar-refractivity contribution in [1.29, 1.82) is 0 Å². The molecule has 1 saturated carbocycles. The van der Waals surface area contributed by atoms with Crippen LogP contribution in [0.15, 0.2) is 18.2 Å². The van der Waals surface area contributed by atoms with E-state index in [1.54, 1.807) is 0 Å². The van der Waals surface area contributed by atoms with E-state index >= 15 is 0 Å². The van der Waals surface area contributed by atoms with Crippen LogP contribution in [-0.4, -0.2) is 24.3 Å². The minimum absolute atomic E-state index is 0.0240. The predicted molar refractivity (Wildman–Crippen MR) is 65.4 cm³/mol. The molecule has 20 heavy (non-hydrogen) atoms. The SMILES string of the molecule is FC(F)(F)c1cccc(OC2CC3(CCOCC3)C2)n1. The summed E-state index contributed by atoms with van der Waals surface area (Å²) in [4.78, 5) is 3.53. The van der Waals surface area contributed by atoms with Crippen molar-refractivity contribution in [2.45, 2.75) is 38.0 Å². The molecule has 0 unspecified atom stereocenters. The molecule has 0 aromatic carbocycles. The molecule has 2 aliphatic rings. The quantitative estimate of drug-likeness (QED) is 0.835. The van der Waals surface area contributed by atoms with Gasteiger partial charge in [-0.05, 0) is 37.2 Å². The molecular weight excluding hydrogens is 271 g/mol. The van der Waals surface area contributed by atoms with E-state index in [1.807, 2.05) is 0 Å². The van der Waals surface area contributed by atoms with Crippen LogP contribution in [0.5, 0.6) is 5.88 Å². The Morgan fingerprint density at radius 3 is 2.55 bits per heavy atom. The molecular formula is C14H16F3NO2. The molecule has 3 nitrogen and oxygen atoms in total. The van der Waals surface area contributed by atoms with E-state index < -0.39 is 11.9 Å². The van der Waals surface area contributed by atoms with E-state index in [0.29, 0.717) is 0 Å². The van der Waals surface area contributed by atoms with Gasteiger partial charge in [0.25, 0.3) is 0 Å². The van der Waals surface area contributed by atoms with Gasteiger partial charge in [0.15, 0.2) is 0 Å². The van der Waals surface area contributed by atoms with Crippen LogP contribution < -0.4 is 4.74 Å². The Bertz CT molecular complexity index is 476. The molecule has 1 aliphatic carbocycles. The maximum Gasteiger partial charge on any atom is 0.433 e. The van der Waals surface area contributed by atoms with Gasteiger partial charge in [0.05, 0.1) is 0 Å². The zero-order chi connectivity index (χ0) is 14.2. The fraction of sp³-hybridized carbons (Fsp3) is 0.643. The lowest BCUT2D eigenvalue weighted by Gasteiger charge is -2.49. The van der Waals surface area contributed by atoms with Crippen molar-refractivity contribution in [3.63, 3.8) is 0 Å². The van der Waals surface area contributed by atoms with Crippen molar-refractivity contribution in [3.05, 3.63) is 23.9 Å². The highest BCUT2D eigenvalue weighted by atomic mass is 19.4. The minimum atomic E-state index is -4.43. The molecule has 1 aromatic rings. The Hall–Kier alpha value is -1.30. The van der Waals surface area contributed by atoms with Gasteiger partial charge in [-0.3, -0.25) is 0 Å². The van der Waals surface area contributed by atoms with Crippen molar-refractivity contribution in [2.75, 3.05) is 13.2 Å². The van der Waals surface area contributed by atoms with Crippen molar-refractivity contribution in [3.8, 4) is 5.88 Å². The molecule has 1 aromatic heterocycles. The number of aromatic nitrogens is 1. The second kappa shape index (κ2) is 4.91. The third-order valence-corrected chi connectivity index (χ3v) is 4.18. The number of halogens is 3. The molecule has 3 rings (SSSR count). The largest absolute Gasteiger partial charge is 0.474 e. The third-order valence-electron chi connectivity index (χ3n) is 4.18. The summed E-state index contributed by atoms with van der Waals surface area (Å²) in [5, 5.41) is 0. The van der Waals surface area contributed by atoms with Gasteiger partial charge in [-0.25, -0.2) is 4.98 Å². The number of nitrogens with zero attached hydrogens (tertiary/aromatic N) is 1. The number of rotatable bonds is 2. The Kier molecular flexibility index (Phi) is 3.36. The zero-order valence-electron chi connectivity index (χ0n) is 10.9. The van der Waals surface area contributed by atoms with E-state index in [-0.39, 0.29) is 17.4 Å². The first-order valence-corrected chi connectivity index (χ1v) is 6.76. The van der Waals surface area contributed by atoms with Gasteiger partial charge in [-0.15, -0.1) is 0 Å². The summed E-state index contributed by atoms with van der Waals surface area (Å²) in [5.41, 5.74) is -0.625. The molecule has 6 heteroatoms. The standard InChI is InChI=1S/C14H16F3NO2/c15-14(16,17)11-2-1-3-12(18-11)20-10-8-13(9-10)4-6-19-7-5-13/h1-3,10H,4-9H2. The Morgan fingerprint density at radius 2 is 1.90 bits per heavy atom. The van der Waals surface area contributed by atoms with Crippen LogP contribution in [0.3, 0.4) is 0 Å². The summed E-state index contributed by atoms with van der Waals surface area (Å²) in [6, 6.07) is 3.76. The van der Waals surface area contributed by atoms with Gasteiger partial charge in [0, 0.05) is 19.3 Å². The molecule has 1 spiro atoms. The van der Waals surface area contributed by atoms with Crippen LogP contribution in [0.1, 0.15) is 31.4 Å². The van der Waals surface area contributed by atoms with E-state index in [9.17, 15) is 13.2 Å². The molecule has 1 aliphatic heterocycles. The Morgan fingerprint density at radius 1 is 1.20 bits per heavy atom. The lowest BCUT2D eigenvalue weighted by Crippen LogP contribution is -2.47. The topological polar surface area (TPSA) is 31.4 Å². The molecule has 110 valence electrons. The average molecular weight is 287 g/mol. The summed E-state index contributed by atoms with van der Waals surface area (Å²) < 4.78 is 48.6. The van der Waals surface area contributed by atoms with Gasteiger partial charge < -0.3 is 9.47 Å². The van der Waals surface area contributed by atoms with Gasteiger partial charge >= 0.3 is 6.18 Å². The van der Waals surface area contributed by atoms with Gasteiger partial charge in [0.1, 0.15) is 11.8 Å². The van der Waals surface area contributed by atoms with Crippen LogP contribution in [0.25, 0.3) is 0 Å². The number of pyridine rings is 1. The highest BCUT2D eigenvalue weighted by molar-refractivity contribution is 5.18. The number of alkyl halides is 3. The van der Waals surface area contributed by atoms with E-state index in [4.69, 9.17) is 9.47 Å². The summed E-state index contributed by atoms with van der Waals surface area (Å²) >= 11 is 0. The molecule has 0 radical (unpaired) electrons.